The van der Waals surface area contributed by atoms with Crippen molar-refractivity contribution in [1.82, 2.24) is 25.3 Å². The summed E-state index contributed by atoms with van der Waals surface area (Å²) in [5.41, 5.74) is 5.12. The van der Waals surface area contributed by atoms with Gasteiger partial charge in [-0.05, 0) is 53.6 Å². The molecule has 0 saturated carbocycles. The van der Waals surface area contributed by atoms with Gasteiger partial charge in [0, 0.05) is 5.56 Å². The third kappa shape index (κ3) is 1.65. The largest absolute Gasteiger partial charge is 0.200 e. The van der Waals surface area contributed by atoms with E-state index in [2.05, 4.69) is 52.7 Å². The first-order chi connectivity index (χ1) is 8.24. The van der Waals surface area contributed by atoms with E-state index in [-0.39, 0.29) is 0 Å². The summed E-state index contributed by atoms with van der Waals surface area (Å²) >= 11 is 0. The number of rotatable bonds is 1. The summed E-state index contributed by atoms with van der Waals surface area (Å²) in [6, 6.07) is 10.1. The lowest BCUT2D eigenvalue weighted by Crippen LogP contribution is -1.96. The first kappa shape index (κ1) is 9.89. The summed E-state index contributed by atoms with van der Waals surface area (Å²) < 4.78 is 1.44. The van der Waals surface area contributed by atoms with E-state index < -0.39 is 0 Å². The Balaban J connectivity index is 2.16. The molecule has 2 heterocycles. The molecule has 17 heavy (non-hydrogen) atoms. The molecule has 0 amide bonds. The molecule has 3 rings (SSSR count). The van der Waals surface area contributed by atoms with Gasteiger partial charge in [0.15, 0.2) is 5.65 Å². The van der Waals surface area contributed by atoms with E-state index in [0.29, 0.717) is 5.65 Å². The van der Waals surface area contributed by atoms with Crippen molar-refractivity contribution in [2.24, 2.45) is 0 Å². The molecule has 0 fully saturated rings. The average molecular weight is 225 g/mol. The van der Waals surface area contributed by atoms with Gasteiger partial charge in [0.25, 0.3) is 0 Å². The number of benzene rings is 1. The minimum absolute atomic E-state index is 0.651. The van der Waals surface area contributed by atoms with Crippen LogP contribution in [0.4, 0.5) is 0 Å². The van der Waals surface area contributed by atoms with Crippen LogP contribution in [0.15, 0.2) is 30.3 Å². The number of aromatic nitrogens is 5. The number of hydrogen-bond donors (Lipinski definition) is 0. The van der Waals surface area contributed by atoms with Crippen molar-refractivity contribution in [3.8, 4) is 11.3 Å². The molecule has 0 bridgehead atoms. The molecule has 5 nitrogen and oxygen atoms in total. The van der Waals surface area contributed by atoms with E-state index in [9.17, 15) is 0 Å². The maximum atomic E-state index is 4.36. The predicted octanol–water partition coefficient (Wildman–Crippen LogP) is 1.80. The van der Waals surface area contributed by atoms with Gasteiger partial charge in [-0.25, -0.2) is 0 Å². The van der Waals surface area contributed by atoms with Crippen LogP contribution in [0.3, 0.4) is 0 Å². The molecule has 0 spiro atoms. The first-order valence-corrected chi connectivity index (χ1v) is 5.37. The highest BCUT2D eigenvalue weighted by atomic mass is 15.6. The fraction of sp³-hybridized carbons (Fsp3) is 0.167. The van der Waals surface area contributed by atoms with Crippen LogP contribution in [-0.2, 0) is 0 Å². The molecule has 84 valence electrons. The second-order valence-electron chi connectivity index (χ2n) is 4.04. The third-order valence-electron chi connectivity index (χ3n) is 2.87. The van der Waals surface area contributed by atoms with Crippen LogP contribution in [0.5, 0.6) is 0 Å². The van der Waals surface area contributed by atoms with Crippen LogP contribution in [0.2, 0.25) is 0 Å². The molecule has 3 aromatic rings. The summed E-state index contributed by atoms with van der Waals surface area (Å²) in [6.07, 6.45) is 0. The maximum Gasteiger partial charge on any atom is 0.200 e. The topological polar surface area (TPSA) is 56.0 Å². The number of fused-ring (bicyclic) bond motifs is 1. The summed E-state index contributed by atoms with van der Waals surface area (Å²) in [5, 5.41) is 15.5. The molecule has 2 aromatic heterocycles. The Labute approximate surface area is 98.1 Å². The van der Waals surface area contributed by atoms with Crippen molar-refractivity contribution in [3.05, 3.63) is 41.5 Å². The fourth-order valence-corrected chi connectivity index (χ4v) is 1.70. The van der Waals surface area contributed by atoms with Crippen LogP contribution in [0.25, 0.3) is 16.9 Å². The molecule has 0 aliphatic carbocycles. The lowest BCUT2D eigenvalue weighted by molar-refractivity contribution is 0.736. The van der Waals surface area contributed by atoms with Crippen molar-refractivity contribution >= 4 is 5.65 Å². The smallest absolute Gasteiger partial charge is 0.147 e. The molecule has 0 saturated heterocycles. The van der Waals surface area contributed by atoms with Gasteiger partial charge in [0.2, 0.25) is 0 Å². The molecule has 0 unspecified atom stereocenters. The van der Waals surface area contributed by atoms with Crippen LogP contribution >= 0.6 is 0 Å². The molecule has 1 aromatic carbocycles. The second kappa shape index (κ2) is 3.62. The van der Waals surface area contributed by atoms with E-state index in [0.717, 1.165) is 11.3 Å². The monoisotopic (exact) mass is 225 g/mol. The Morgan fingerprint density at radius 2 is 1.88 bits per heavy atom. The van der Waals surface area contributed by atoms with E-state index in [1.165, 1.54) is 15.8 Å². The summed E-state index contributed by atoms with van der Waals surface area (Å²) in [7, 11) is 0. The van der Waals surface area contributed by atoms with Gasteiger partial charge in [-0.15, -0.1) is 14.8 Å². The van der Waals surface area contributed by atoms with Crippen molar-refractivity contribution < 1.29 is 0 Å². The standard InChI is InChI=1S/C12H11N5/c1-8-3-4-10(7-9(8)2)11-5-6-12-13-15-16-17(12)14-11/h3-7H,1-2H3. The molecule has 0 atom stereocenters. The van der Waals surface area contributed by atoms with Crippen LogP contribution in [-0.4, -0.2) is 25.3 Å². The van der Waals surface area contributed by atoms with Gasteiger partial charge in [-0.3, -0.25) is 0 Å². The molecule has 5 heteroatoms. The SMILES string of the molecule is Cc1ccc(-c2ccc3nnnn3n2)cc1C. The third-order valence-corrected chi connectivity index (χ3v) is 2.87. The molecule has 0 aliphatic heterocycles. The molecular weight excluding hydrogens is 214 g/mol. The molecule has 0 N–H and O–H groups in total. The lowest BCUT2D eigenvalue weighted by atomic mass is 10.0. The first-order valence-electron chi connectivity index (χ1n) is 5.37. The normalized spacial score (nSPS) is 10.9. The zero-order chi connectivity index (χ0) is 11.8. The summed E-state index contributed by atoms with van der Waals surface area (Å²) in [4.78, 5) is 0. The minimum atomic E-state index is 0.651. The zero-order valence-corrected chi connectivity index (χ0v) is 9.62. The van der Waals surface area contributed by atoms with Gasteiger partial charge >= 0.3 is 0 Å². The Morgan fingerprint density at radius 1 is 1.00 bits per heavy atom. The summed E-state index contributed by atoms with van der Waals surface area (Å²) in [5.74, 6) is 0. The average Bonchev–Trinajstić information content (AvgIpc) is 2.79. The summed E-state index contributed by atoms with van der Waals surface area (Å²) in [6.45, 7) is 4.19. The number of hydrogen-bond acceptors (Lipinski definition) is 4. The van der Waals surface area contributed by atoms with Gasteiger partial charge < -0.3 is 0 Å². The minimum Gasteiger partial charge on any atom is -0.147 e. The Hall–Kier alpha value is -2.30. The highest BCUT2D eigenvalue weighted by Crippen LogP contribution is 2.19. The van der Waals surface area contributed by atoms with Crippen molar-refractivity contribution in [2.45, 2.75) is 13.8 Å². The van der Waals surface area contributed by atoms with Gasteiger partial charge in [0.1, 0.15) is 0 Å². The van der Waals surface area contributed by atoms with Gasteiger partial charge in [0.05, 0.1) is 5.69 Å². The fourth-order valence-electron chi connectivity index (χ4n) is 1.70. The van der Waals surface area contributed by atoms with Crippen LogP contribution in [0, 0.1) is 13.8 Å². The maximum absolute atomic E-state index is 4.36. The van der Waals surface area contributed by atoms with E-state index in [4.69, 9.17) is 0 Å². The van der Waals surface area contributed by atoms with Crippen molar-refractivity contribution in [2.75, 3.05) is 0 Å². The zero-order valence-electron chi connectivity index (χ0n) is 9.62. The molecule has 0 radical (unpaired) electrons. The van der Waals surface area contributed by atoms with Crippen molar-refractivity contribution in [3.63, 3.8) is 0 Å². The molecule has 0 aliphatic rings. The van der Waals surface area contributed by atoms with E-state index in [1.807, 2.05) is 12.1 Å². The van der Waals surface area contributed by atoms with E-state index >= 15 is 0 Å². The lowest BCUT2D eigenvalue weighted by Gasteiger charge is -2.04. The quantitative estimate of drug-likeness (QED) is 0.633. The molecular formula is C12H11N5. The van der Waals surface area contributed by atoms with E-state index in [1.54, 1.807) is 0 Å². The number of nitrogens with zero attached hydrogens (tertiary/aromatic N) is 5. The number of aryl methyl sites for hydroxylation is 2. The van der Waals surface area contributed by atoms with Crippen molar-refractivity contribution in [1.29, 1.82) is 0 Å². The highest BCUT2D eigenvalue weighted by Gasteiger charge is 2.04. The van der Waals surface area contributed by atoms with Crippen LogP contribution < -0.4 is 0 Å². The highest BCUT2D eigenvalue weighted by molar-refractivity contribution is 5.61. The predicted molar refractivity (Wildman–Crippen MR) is 63.5 cm³/mol. The van der Waals surface area contributed by atoms with Gasteiger partial charge in [-0.1, -0.05) is 12.1 Å². The van der Waals surface area contributed by atoms with Crippen LogP contribution in [0.1, 0.15) is 11.1 Å². The Kier molecular flexibility index (Phi) is 2.11. The Bertz CT molecular complexity index is 686. The number of tetrazole rings is 1. The second-order valence-corrected chi connectivity index (χ2v) is 4.04. The Morgan fingerprint density at radius 3 is 2.71 bits per heavy atom. The van der Waals surface area contributed by atoms with Gasteiger partial charge in [-0.2, -0.15) is 0 Å².